The van der Waals surface area contributed by atoms with Crippen LogP contribution in [0.15, 0.2) is 12.3 Å². The van der Waals surface area contributed by atoms with Crippen LogP contribution in [0.2, 0.25) is 0 Å². The first kappa shape index (κ1) is 8.52. The zero-order chi connectivity index (χ0) is 9.14. The lowest BCUT2D eigenvalue weighted by Crippen LogP contribution is -2.03. The first-order valence-corrected chi connectivity index (χ1v) is 3.50. The number of nitrogen functional groups attached to an aromatic ring is 1. The summed E-state index contributed by atoms with van der Waals surface area (Å²) in [5.41, 5.74) is 6.27. The minimum absolute atomic E-state index is 0.360. The molecule has 2 N–H and O–H groups in total. The minimum atomic E-state index is -0.360. The molecule has 1 aromatic heterocycles. The van der Waals surface area contributed by atoms with Gasteiger partial charge in [-0.2, -0.15) is 0 Å². The molecule has 64 valence electrons. The number of aromatic nitrogens is 1. The Morgan fingerprint density at radius 1 is 1.67 bits per heavy atom. The van der Waals surface area contributed by atoms with Crippen molar-refractivity contribution < 1.29 is 9.53 Å². The van der Waals surface area contributed by atoms with Gasteiger partial charge < -0.3 is 10.5 Å². The van der Waals surface area contributed by atoms with E-state index in [1.54, 1.807) is 13.0 Å². The van der Waals surface area contributed by atoms with Crippen molar-refractivity contribution in [2.45, 2.75) is 13.8 Å². The third-order valence-electron chi connectivity index (χ3n) is 1.36. The van der Waals surface area contributed by atoms with Crippen LogP contribution in [0, 0.1) is 6.92 Å². The standard InChI is InChI=1S/C8H10N2O2/c1-5-3-7(12-6(2)11)4-10-8(5)9/h3-4H,1-2H3,(H2,9,10). The van der Waals surface area contributed by atoms with Crippen molar-refractivity contribution in [1.29, 1.82) is 0 Å². The molecule has 1 rings (SSSR count). The van der Waals surface area contributed by atoms with Crippen LogP contribution in [-0.4, -0.2) is 11.0 Å². The van der Waals surface area contributed by atoms with Crippen LogP contribution in [-0.2, 0) is 4.79 Å². The average Bonchev–Trinajstić information content (AvgIpc) is 1.96. The number of rotatable bonds is 1. The Bertz CT molecular complexity index is 310. The van der Waals surface area contributed by atoms with Gasteiger partial charge in [0.25, 0.3) is 0 Å². The summed E-state index contributed by atoms with van der Waals surface area (Å²) in [5.74, 6) is 0.515. The molecule has 12 heavy (non-hydrogen) atoms. The molecule has 0 atom stereocenters. The molecule has 0 aliphatic carbocycles. The lowest BCUT2D eigenvalue weighted by atomic mass is 10.3. The van der Waals surface area contributed by atoms with E-state index in [1.807, 2.05) is 0 Å². The minimum Gasteiger partial charge on any atom is -0.425 e. The quantitative estimate of drug-likeness (QED) is 0.629. The van der Waals surface area contributed by atoms with Crippen molar-refractivity contribution in [1.82, 2.24) is 4.98 Å². The lowest BCUT2D eigenvalue weighted by molar-refractivity contribution is -0.131. The molecule has 0 radical (unpaired) electrons. The number of carbonyl (C=O) groups is 1. The van der Waals surface area contributed by atoms with Crippen molar-refractivity contribution in [3.63, 3.8) is 0 Å². The number of nitrogens with two attached hydrogens (primary N) is 1. The smallest absolute Gasteiger partial charge is 0.308 e. The van der Waals surface area contributed by atoms with Crippen molar-refractivity contribution in [2.75, 3.05) is 5.73 Å². The maximum absolute atomic E-state index is 10.5. The molecule has 0 bridgehead atoms. The molecule has 0 aliphatic rings. The second kappa shape index (κ2) is 3.21. The molecule has 1 aromatic rings. The Hall–Kier alpha value is -1.58. The summed E-state index contributed by atoms with van der Waals surface area (Å²) in [5, 5.41) is 0. The summed E-state index contributed by atoms with van der Waals surface area (Å²) in [7, 11) is 0. The molecule has 1 heterocycles. The van der Waals surface area contributed by atoms with E-state index < -0.39 is 0 Å². The van der Waals surface area contributed by atoms with Gasteiger partial charge >= 0.3 is 5.97 Å². The normalized spacial score (nSPS) is 9.50. The van der Waals surface area contributed by atoms with E-state index in [1.165, 1.54) is 13.1 Å². The van der Waals surface area contributed by atoms with Crippen molar-refractivity contribution in [3.8, 4) is 5.75 Å². The van der Waals surface area contributed by atoms with Gasteiger partial charge in [-0.15, -0.1) is 0 Å². The number of carbonyl (C=O) groups excluding carboxylic acids is 1. The monoisotopic (exact) mass is 166 g/mol. The molecule has 4 nitrogen and oxygen atoms in total. The largest absolute Gasteiger partial charge is 0.425 e. The van der Waals surface area contributed by atoms with E-state index >= 15 is 0 Å². The van der Waals surface area contributed by atoms with Crippen LogP contribution < -0.4 is 10.5 Å². The van der Waals surface area contributed by atoms with E-state index in [0.717, 1.165) is 5.56 Å². The van der Waals surface area contributed by atoms with Gasteiger partial charge in [0.05, 0.1) is 6.20 Å². The number of ether oxygens (including phenoxy) is 1. The topological polar surface area (TPSA) is 65.2 Å². The molecule has 0 fully saturated rings. The van der Waals surface area contributed by atoms with Crippen LogP contribution in [0.25, 0.3) is 0 Å². The number of anilines is 1. The van der Waals surface area contributed by atoms with Gasteiger partial charge in [-0.3, -0.25) is 4.79 Å². The molecule has 0 unspecified atom stereocenters. The van der Waals surface area contributed by atoms with Gasteiger partial charge in [0.15, 0.2) is 0 Å². The zero-order valence-corrected chi connectivity index (χ0v) is 7.00. The van der Waals surface area contributed by atoms with Crippen LogP contribution in [0.4, 0.5) is 5.82 Å². The highest BCUT2D eigenvalue weighted by molar-refractivity contribution is 5.69. The predicted molar refractivity (Wildman–Crippen MR) is 44.7 cm³/mol. The van der Waals surface area contributed by atoms with Gasteiger partial charge in [0.2, 0.25) is 0 Å². The highest BCUT2D eigenvalue weighted by Gasteiger charge is 2.00. The number of hydrogen-bond acceptors (Lipinski definition) is 4. The van der Waals surface area contributed by atoms with Crippen molar-refractivity contribution in [2.24, 2.45) is 0 Å². The maximum Gasteiger partial charge on any atom is 0.308 e. The fourth-order valence-electron chi connectivity index (χ4n) is 0.781. The van der Waals surface area contributed by atoms with Crippen LogP contribution in [0.5, 0.6) is 5.75 Å². The second-order valence-electron chi connectivity index (χ2n) is 2.47. The lowest BCUT2D eigenvalue weighted by Gasteiger charge is -2.02. The van der Waals surface area contributed by atoms with Gasteiger partial charge in [-0.25, -0.2) is 4.98 Å². The van der Waals surface area contributed by atoms with E-state index in [-0.39, 0.29) is 5.97 Å². The molecule has 0 saturated heterocycles. The molecular formula is C8H10N2O2. The number of nitrogens with zero attached hydrogens (tertiary/aromatic N) is 1. The Balaban J connectivity index is 2.89. The molecule has 0 spiro atoms. The SMILES string of the molecule is CC(=O)Oc1cnc(N)c(C)c1. The summed E-state index contributed by atoms with van der Waals surface area (Å²) in [4.78, 5) is 14.4. The van der Waals surface area contributed by atoms with Crippen molar-refractivity contribution >= 4 is 11.8 Å². The molecule has 0 saturated carbocycles. The molecule has 0 amide bonds. The molecular weight excluding hydrogens is 156 g/mol. The highest BCUT2D eigenvalue weighted by Crippen LogP contribution is 2.15. The first-order chi connectivity index (χ1) is 5.59. The molecule has 0 aromatic carbocycles. The summed E-state index contributed by atoms with van der Waals surface area (Å²) < 4.78 is 4.79. The third kappa shape index (κ3) is 1.95. The van der Waals surface area contributed by atoms with Crippen LogP contribution in [0.1, 0.15) is 12.5 Å². The number of pyridine rings is 1. The van der Waals surface area contributed by atoms with Gasteiger partial charge in [-0.05, 0) is 18.6 Å². The summed E-state index contributed by atoms with van der Waals surface area (Å²) in [6, 6.07) is 1.67. The zero-order valence-electron chi connectivity index (χ0n) is 7.00. The van der Waals surface area contributed by atoms with Crippen LogP contribution >= 0.6 is 0 Å². The van der Waals surface area contributed by atoms with E-state index in [0.29, 0.717) is 11.6 Å². The van der Waals surface area contributed by atoms with E-state index in [9.17, 15) is 4.79 Å². The summed E-state index contributed by atoms with van der Waals surface area (Å²) in [6.07, 6.45) is 1.42. The summed E-state index contributed by atoms with van der Waals surface area (Å²) in [6.45, 7) is 3.14. The summed E-state index contributed by atoms with van der Waals surface area (Å²) >= 11 is 0. The second-order valence-corrected chi connectivity index (χ2v) is 2.47. The Morgan fingerprint density at radius 2 is 2.33 bits per heavy atom. The first-order valence-electron chi connectivity index (χ1n) is 3.50. The number of aryl methyl sites for hydroxylation is 1. The Labute approximate surface area is 70.4 Å². The maximum atomic E-state index is 10.5. The molecule has 0 aliphatic heterocycles. The van der Waals surface area contributed by atoms with Gasteiger partial charge in [0, 0.05) is 6.92 Å². The van der Waals surface area contributed by atoms with Crippen molar-refractivity contribution in [3.05, 3.63) is 17.8 Å². The van der Waals surface area contributed by atoms with Crippen LogP contribution in [0.3, 0.4) is 0 Å². The molecule has 4 heteroatoms. The predicted octanol–water partition coefficient (Wildman–Crippen LogP) is 0.898. The third-order valence-corrected chi connectivity index (χ3v) is 1.36. The number of esters is 1. The number of hydrogen-bond donors (Lipinski definition) is 1. The Kier molecular flexibility index (Phi) is 2.28. The highest BCUT2D eigenvalue weighted by atomic mass is 16.5. The fraction of sp³-hybridized carbons (Fsp3) is 0.250. The van der Waals surface area contributed by atoms with Gasteiger partial charge in [-0.1, -0.05) is 0 Å². The van der Waals surface area contributed by atoms with E-state index in [4.69, 9.17) is 10.5 Å². The van der Waals surface area contributed by atoms with E-state index in [2.05, 4.69) is 4.98 Å². The van der Waals surface area contributed by atoms with Gasteiger partial charge in [0.1, 0.15) is 11.6 Å². The Morgan fingerprint density at radius 3 is 2.83 bits per heavy atom. The average molecular weight is 166 g/mol. The fourth-order valence-corrected chi connectivity index (χ4v) is 0.781.